The third-order valence-electron chi connectivity index (χ3n) is 3.66. The van der Waals surface area contributed by atoms with Crippen LogP contribution in [0.25, 0.3) is 11.1 Å². The van der Waals surface area contributed by atoms with Gasteiger partial charge in [-0.1, -0.05) is 31.2 Å². The molecule has 0 spiro atoms. The second-order valence-electron chi connectivity index (χ2n) is 4.58. The fourth-order valence-corrected chi connectivity index (χ4v) is 2.85. The first-order valence-electron chi connectivity index (χ1n) is 6.10. The van der Waals surface area contributed by atoms with Crippen molar-refractivity contribution in [3.63, 3.8) is 0 Å². The molecule has 1 aliphatic rings. The summed E-state index contributed by atoms with van der Waals surface area (Å²) >= 11 is 0. The summed E-state index contributed by atoms with van der Waals surface area (Å²) in [6.07, 6.45) is 0.963. The molecule has 90 valence electrons. The molecule has 3 nitrogen and oxygen atoms in total. The van der Waals surface area contributed by atoms with E-state index in [1.165, 1.54) is 11.1 Å². The molecule has 0 radical (unpaired) electrons. The van der Waals surface area contributed by atoms with Gasteiger partial charge in [-0.25, -0.2) is 0 Å². The molecular formula is C15H13NO2. The number of nitro benzene ring substituents is 1. The van der Waals surface area contributed by atoms with Crippen LogP contribution in [0.15, 0.2) is 42.5 Å². The topological polar surface area (TPSA) is 43.1 Å². The molecule has 0 N–H and O–H groups in total. The Morgan fingerprint density at radius 2 is 1.83 bits per heavy atom. The van der Waals surface area contributed by atoms with Crippen molar-refractivity contribution in [1.82, 2.24) is 0 Å². The van der Waals surface area contributed by atoms with Gasteiger partial charge in [0.05, 0.1) is 4.92 Å². The van der Waals surface area contributed by atoms with Crippen LogP contribution < -0.4 is 0 Å². The lowest BCUT2D eigenvalue weighted by Crippen LogP contribution is -1.95. The van der Waals surface area contributed by atoms with E-state index in [-0.39, 0.29) is 16.5 Å². The highest BCUT2D eigenvalue weighted by Crippen LogP contribution is 2.47. The minimum Gasteiger partial charge on any atom is -0.258 e. The molecule has 0 saturated carbocycles. The fraction of sp³-hybridized carbons (Fsp3) is 0.200. The van der Waals surface area contributed by atoms with Crippen LogP contribution in [0.1, 0.15) is 30.4 Å². The van der Waals surface area contributed by atoms with Crippen molar-refractivity contribution in [2.75, 3.05) is 0 Å². The monoisotopic (exact) mass is 239 g/mol. The summed E-state index contributed by atoms with van der Waals surface area (Å²) in [5, 5.41) is 10.9. The SMILES string of the molecule is CCC1c2ccccc2-c2ccc([N+](=O)[O-])cc21. The van der Waals surface area contributed by atoms with Crippen LogP contribution in [0.5, 0.6) is 0 Å². The van der Waals surface area contributed by atoms with Gasteiger partial charge in [0, 0.05) is 18.1 Å². The van der Waals surface area contributed by atoms with Gasteiger partial charge in [0.2, 0.25) is 0 Å². The third-order valence-corrected chi connectivity index (χ3v) is 3.66. The highest BCUT2D eigenvalue weighted by molar-refractivity contribution is 5.79. The molecule has 0 aromatic heterocycles. The zero-order valence-corrected chi connectivity index (χ0v) is 10.1. The van der Waals surface area contributed by atoms with E-state index in [9.17, 15) is 10.1 Å². The second-order valence-corrected chi connectivity index (χ2v) is 4.58. The Balaban J connectivity index is 2.24. The van der Waals surface area contributed by atoms with Gasteiger partial charge in [-0.2, -0.15) is 0 Å². The fourth-order valence-electron chi connectivity index (χ4n) is 2.85. The molecule has 0 saturated heterocycles. The molecule has 0 heterocycles. The van der Waals surface area contributed by atoms with Crippen molar-refractivity contribution in [2.24, 2.45) is 0 Å². The largest absolute Gasteiger partial charge is 0.269 e. The summed E-state index contributed by atoms with van der Waals surface area (Å²) in [6, 6.07) is 13.5. The quantitative estimate of drug-likeness (QED) is 0.584. The highest BCUT2D eigenvalue weighted by atomic mass is 16.6. The third kappa shape index (κ3) is 1.44. The molecule has 3 rings (SSSR count). The minimum absolute atomic E-state index is 0.181. The molecule has 1 unspecified atom stereocenters. The van der Waals surface area contributed by atoms with Gasteiger partial charge >= 0.3 is 0 Å². The smallest absolute Gasteiger partial charge is 0.258 e. The summed E-state index contributed by atoms with van der Waals surface area (Å²) in [4.78, 5) is 10.6. The molecule has 3 heteroatoms. The number of nitro groups is 1. The standard InChI is InChI=1S/C15H13NO2/c1-2-11-12-5-3-4-6-13(12)14-8-7-10(16(17)18)9-15(11)14/h3-9,11H,2H2,1H3. The van der Waals surface area contributed by atoms with Crippen LogP contribution in [0, 0.1) is 10.1 Å². The number of nitrogens with zero attached hydrogens (tertiary/aromatic N) is 1. The number of non-ortho nitro benzene ring substituents is 1. The first kappa shape index (κ1) is 11.0. The summed E-state index contributed by atoms with van der Waals surface area (Å²) < 4.78 is 0. The second kappa shape index (κ2) is 3.95. The molecule has 18 heavy (non-hydrogen) atoms. The number of fused-ring (bicyclic) bond motifs is 3. The molecule has 2 aromatic carbocycles. The van der Waals surface area contributed by atoms with E-state index in [2.05, 4.69) is 19.1 Å². The maximum Gasteiger partial charge on any atom is 0.269 e. The van der Waals surface area contributed by atoms with Crippen molar-refractivity contribution in [3.8, 4) is 11.1 Å². The molecule has 1 aliphatic carbocycles. The van der Waals surface area contributed by atoms with Gasteiger partial charge < -0.3 is 0 Å². The van der Waals surface area contributed by atoms with Crippen LogP contribution in [0.4, 0.5) is 5.69 Å². The highest BCUT2D eigenvalue weighted by Gasteiger charge is 2.28. The average molecular weight is 239 g/mol. The lowest BCUT2D eigenvalue weighted by Gasteiger charge is -2.09. The number of benzene rings is 2. The first-order valence-corrected chi connectivity index (χ1v) is 6.10. The van der Waals surface area contributed by atoms with Gasteiger partial charge in [0.1, 0.15) is 0 Å². The van der Waals surface area contributed by atoms with Crippen molar-refractivity contribution in [2.45, 2.75) is 19.3 Å². The molecule has 0 amide bonds. The lowest BCUT2D eigenvalue weighted by molar-refractivity contribution is -0.384. The lowest BCUT2D eigenvalue weighted by atomic mass is 9.94. The minimum atomic E-state index is -0.323. The van der Waals surface area contributed by atoms with E-state index >= 15 is 0 Å². The number of rotatable bonds is 2. The molecule has 2 aromatic rings. The Morgan fingerprint density at radius 1 is 1.11 bits per heavy atom. The summed E-state index contributed by atoms with van der Waals surface area (Å²) in [6.45, 7) is 2.12. The number of hydrogen-bond donors (Lipinski definition) is 0. The molecule has 0 fully saturated rings. The van der Waals surface area contributed by atoms with Crippen LogP contribution in [0.2, 0.25) is 0 Å². The Hall–Kier alpha value is -2.16. The van der Waals surface area contributed by atoms with Crippen LogP contribution in [-0.2, 0) is 0 Å². The van der Waals surface area contributed by atoms with Gasteiger partial charge in [-0.05, 0) is 34.7 Å². The molecule has 0 aliphatic heterocycles. The molecular weight excluding hydrogens is 226 g/mol. The van der Waals surface area contributed by atoms with Crippen LogP contribution in [-0.4, -0.2) is 4.92 Å². The van der Waals surface area contributed by atoms with Gasteiger partial charge in [-0.15, -0.1) is 0 Å². The van der Waals surface area contributed by atoms with Gasteiger partial charge in [0.25, 0.3) is 5.69 Å². The van der Waals surface area contributed by atoms with Crippen molar-refractivity contribution in [1.29, 1.82) is 0 Å². The zero-order valence-electron chi connectivity index (χ0n) is 10.1. The summed E-state index contributed by atoms with van der Waals surface area (Å²) in [7, 11) is 0. The van der Waals surface area contributed by atoms with E-state index in [0.717, 1.165) is 17.5 Å². The molecule has 0 bridgehead atoms. The van der Waals surface area contributed by atoms with E-state index in [1.807, 2.05) is 18.2 Å². The maximum atomic E-state index is 10.9. The Labute approximate surface area is 105 Å². The van der Waals surface area contributed by atoms with Gasteiger partial charge in [0.15, 0.2) is 0 Å². The molecule has 1 atom stereocenters. The van der Waals surface area contributed by atoms with E-state index < -0.39 is 0 Å². The predicted octanol–water partition coefficient (Wildman–Crippen LogP) is 4.12. The predicted molar refractivity (Wildman–Crippen MR) is 70.7 cm³/mol. The average Bonchev–Trinajstić information content (AvgIpc) is 2.71. The Kier molecular flexibility index (Phi) is 2.40. The Bertz CT molecular complexity index is 634. The van der Waals surface area contributed by atoms with Crippen molar-refractivity contribution >= 4 is 5.69 Å². The normalized spacial score (nSPS) is 16.2. The van der Waals surface area contributed by atoms with E-state index in [1.54, 1.807) is 12.1 Å². The Morgan fingerprint density at radius 3 is 2.56 bits per heavy atom. The van der Waals surface area contributed by atoms with Crippen molar-refractivity contribution < 1.29 is 4.92 Å². The van der Waals surface area contributed by atoms with E-state index in [4.69, 9.17) is 0 Å². The number of hydrogen-bond acceptors (Lipinski definition) is 2. The van der Waals surface area contributed by atoms with Crippen molar-refractivity contribution in [3.05, 3.63) is 63.7 Å². The maximum absolute atomic E-state index is 10.9. The van der Waals surface area contributed by atoms with Crippen LogP contribution in [0.3, 0.4) is 0 Å². The van der Waals surface area contributed by atoms with Crippen LogP contribution >= 0.6 is 0 Å². The first-order chi connectivity index (χ1) is 8.72. The van der Waals surface area contributed by atoms with Gasteiger partial charge in [-0.3, -0.25) is 10.1 Å². The summed E-state index contributed by atoms with van der Waals surface area (Å²) in [5.74, 6) is 0.288. The van der Waals surface area contributed by atoms with E-state index in [0.29, 0.717) is 0 Å². The zero-order chi connectivity index (χ0) is 12.7. The summed E-state index contributed by atoms with van der Waals surface area (Å²) in [5.41, 5.74) is 4.92.